The minimum absolute atomic E-state index is 0.148. The molecule has 2 heterocycles. The van der Waals surface area contributed by atoms with E-state index in [1.54, 1.807) is 24.3 Å². The molecule has 1 aromatic heterocycles. The van der Waals surface area contributed by atoms with E-state index < -0.39 is 0 Å². The number of imide groups is 1. The second-order valence-electron chi connectivity index (χ2n) is 5.07. The molecule has 0 bridgehead atoms. The molecule has 0 saturated heterocycles. The molecule has 2 N–H and O–H groups in total. The molecule has 2 aromatic rings. The van der Waals surface area contributed by atoms with Crippen LogP contribution in [0, 0.1) is 11.3 Å². The molecule has 0 aliphatic carbocycles. The van der Waals surface area contributed by atoms with Gasteiger partial charge in [0.2, 0.25) is 0 Å². The van der Waals surface area contributed by atoms with Gasteiger partial charge in [-0.15, -0.1) is 0 Å². The third-order valence-corrected chi connectivity index (χ3v) is 4.50. The molecule has 0 spiro atoms. The Morgan fingerprint density at radius 2 is 1.88 bits per heavy atom. The van der Waals surface area contributed by atoms with Crippen molar-refractivity contribution >= 4 is 29.4 Å². The van der Waals surface area contributed by atoms with Crippen LogP contribution in [0.15, 0.2) is 35.6 Å². The van der Waals surface area contributed by atoms with Gasteiger partial charge in [-0.1, -0.05) is 23.9 Å². The number of hydrogen-bond donors (Lipinski definition) is 1. The van der Waals surface area contributed by atoms with Crippen LogP contribution in [-0.4, -0.2) is 39.0 Å². The summed E-state index contributed by atoms with van der Waals surface area (Å²) in [5, 5.41) is 9.25. The second kappa shape index (κ2) is 6.68. The van der Waals surface area contributed by atoms with Crippen molar-refractivity contribution < 1.29 is 9.59 Å². The molecule has 120 valence electrons. The van der Waals surface area contributed by atoms with Gasteiger partial charge >= 0.3 is 0 Å². The predicted molar refractivity (Wildman–Crippen MR) is 88.3 cm³/mol. The normalized spacial score (nSPS) is 13.0. The molecule has 7 nitrogen and oxygen atoms in total. The number of benzene rings is 1. The van der Waals surface area contributed by atoms with E-state index in [2.05, 4.69) is 9.97 Å². The van der Waals surface area contributed by atoms with E-state index in [1.165, 1.54) is 22.9 Å². The van der Waals surface area contributed by atoms with Gasteiger partial charge in [0.05, 0.1) is 17.3 Å². The van der Waals surface area contributed by atoms with Crippen molar-refractivity contribution in [2.75, 3.05) is 18.0 Å². The van der Waals surface area contributed by atoms with Gasteiger partial charge in [0, 0.05) is 12.3 Å². The molecule has 1 aromatic carbocycles. The maximum atomic E-state index is 12.2. The van der Waals surface area contributed by atoms with Crippen molar-refractivity contribution in [3.05, 3.63) is 47.2 Å². The van der Waals surface area contributed by atoms with Crippen LogP contribution >= 0.6 is 11.8 Å². The summed E-state index contributed by atoms with van der Waals surface area (Å²) < 4.78 is 0. The molecule has 3 rings (SSSR count). The molecular formula is C16H13N5O2S. The average Bonchev–Trinajstić information content (AvgIpc) is 2.84. The molecule has 1 aliphatic heterocycles. The molecule has 2 amide bonds. The number of nitriles is 1. The molecule has 8 heteroatoms. The number of amides is 2. The average molecular weight is 339 g/mol. The minimum atomic E-state index is -0.250. The van der Waals surface area contributed by atoms with E-state index in [-0.39, 0.29) is 23.2 Å². The van der Waals surface area contributed by atoms with Crippen molar-refractivity contribution in [1.29, 1.82) is 5.26 Å². The number of carbonyl (C=O) groups excluding carboxylic acids is 2. The highest BCUT2D eigenvalue weighted by Gasteiger charge is 2.34. The Kier molecular flexibility index (Phi) is 4.44. The predicted octanol–water partition coefficient (Wildman–Crippen LogP) is 1.71. The Morgan fingerprint density at radius 3 is 2.46 bits per heavy atom. The summed E-state index contributed by atoms with van der Waals surface area (Å²) >= 11 is 1.36. The SMILES string of the molecule is N#Cc1cnc(SCCCN2C(=O)c3ccccc3C2=O)nc1N. The molecule has 0 unspecified atom stereocenters. The number of aromatic nitrogens is 2. The first-order chi connectivity index (χ1) is 11.6. The van der Waals surface area contributed by atoms with Gasteiger partial charge in [-0.25, -0.2) is 9.97 Å². The third kappa shape index (κ3) is 2.94. The van der Waals surface area contributed by atoms with Gasteiger partial charge in [0.1, 0.15) is 17.5 Å². The van der Waals surface area contributed by atoms with Crippen LogP contribution in [0.3, 0.4) is 0 Å². The highest BCUT2D eigenvalue weighted by Crippen LogP contribution is 2.23. The Morgan fingerprint density at radius 1 is 1.21 bits per heavy atom. The fourth-order valence-corrected chi connectivity index (χ4v) is 3.11. The summed E-state index contributed by atoms with van der Waals surface area (Å²) in [6, 6.07) is 8.73. The summed E-state index contributed by atoms with van der Waals surface area (Å²) in [4.78, 5) is 33.8. The number of nitrogens with two attached hydrogens (primary N) is 1. The largest absolute Gasteiger partial charge is 0.382 e. The van der Waals surface area contributed by atoms with Crippen LogP contribution in [0.25, 0.3) is 0 Å². The number of fused-ring (bicyclic) bond motifs is 1. The highest BCUT2D eigenvalue weighted by atomic mass is 32.2. The standard InChI is InChI=1S/C16H13N5O2S/c17-8-10-9-19-16(20-13(10)18)24-7-3-6-21-14(22)11-4-1-2-5-12(11)15(21)23/h1-2,4-5,9H,3,6-7H2,(H2,18,19,20). The number of rotatable bonds is 5. The Labute approximate surface area is 142 Å². The zero-order chi connectivity index (χ0) is 17.1. The van der Waals surface area contributed by atoms with Gasteiger partial charge in [0.25, 0.3) is 11.8 Å². The molecule has 1 aliphatic rings. The molecule has 0 saturated carbocycles. The third-order valence-electron chi connectivity index (χ3n) is 3.55. The summed E-state index contributed by atoms with van der Waals surface area (Å²) in [5.41, 5.74) is 6.79. The van der Waals surface area contributed by atoms with Crippen molar-refractivity contribution in [3.63, 3.8) is 0 Å². The minimum Gasteiger partial charge on any atom is -0.382 e. The van der Waals surface area contributed by atoms with Gasteiger partial charge in [-0.2, -0.15) is 5.26 Å². The maximum Gasteiger partial charge on any atom is 0.261 e. The number of thioether (sulfide) groups is 1. The summed E-state index contributed by atoms with van der Waals surface area (Å²) in [7, 11) is 0. The fraction of sp³-hybridized carbons (Fsp3) is 0.188. The first-order valence-electron chi connectivity index (χ1n) is 7.22. The number of nitrogens with zero attached hydrogens (tertiary/aromatic N) is 4. The highest BCUT2D eigenvalue weighted by molar-refractivity contribution is 7.99. The number of hydrogen-bond acceptors (Lipinski definition) is 7. The zero-order valence-corrected chi connectivity index (χ0v) is 13.4. The Balaban J connectivity index is 1.55. The van der Waals surface area contributed by atoms with Crippen LogP contribution in [-0.2, 0) is 0 Å². The quantitative estimate of drug-likeness (QED) is 0.382. The lowest BCUT2D eigenvalue weighted by molar-refractivity contribution is 0.0655. The summed E-state index contributed by atoms with van der Waals surface area (Å²) in [6.45, 7) is 0.338. The van der Waals surface area contributed by atoms with E-state index in [1.807, 2.05) is 6.07 Å². The van der Waals surface area contributed by atoms with E-state index in [4.69, 9.17) is 11.0 Å². The summed E-state index contributed by atoms with van der Waals surface area (Å²) in [6.07, 6.45) is 1.99. The first-order valence-corrected chi connectivity index (χ1v) is 8.21. The molecule has 24 heavy (non-hydrogen) atoms. The van der Waals surface area contributed by atoms with E-state index in [9.17, 15) is 9.59 Å². The van der Waals surface area contributed by atoms with E-state index >= 15 is 0 Å². The van der Waals surface area contributed by atoms with Crippen LogP contribution < -0.4 is 5.73 Å². The monoisotopic (exact) mass is 339 g/mol. The smallest absolute Gasteiger partial charge is 0.261 e. The van der Waals surface area contributed by atoms with Crippen molar-refractivity contribution in [2.45, 2.75) is 11.6 Å². The number of carbonyl (C=O) groups is 2. The van der Waals surface area contributed by atoms with Crippen LogP contribution in [0.4, 0.5) is 5.82 Å². The van der Waals surface area contributed by atoms with Crippen LogP contribution in [0.5, 0.6) is 0 Å². The van der Waals surface area contributed by atoms with Crippen molar-refractivity contribution in [3.8, 4) is 6.07 Å². The molecular weight excluding hydrogens is 326 g/mol. The van der Waals surface area contributed by atoms with Gasteiger partial charge in [-0.05, 0) is 18.6 Å². The van der Waals surface area contributed by atoms with Gasteiger partial charge in [0.15, 0.2) is 5.16 Å². The number of anilines is 1. The van der Waals surface area contributed by atoms with Crippen molar-refractivity contribution in [2.24, 2.45) is 0 Å². The van der Waals surface area contributed by atoms with Crippen molar-refractivity contribution in [1.82, 2.24) is 14.9 Å². The Hall–Kier alpha value is -2.92. The molecule has 0 atom stereocenters. The molecule has 0 fully saturated rings. The number of nitrogen functional groups attached to an aromatic ring is 1. The Bertz CT molecular complexity index is 827. The second-order valence-corrected chi connectivity index (χ2v) is 6.13. The maximum absolute atomic E-state index is 12.2. The van der Waals surface area contributed by atoms with Crippen LogP contribution in [0.1, 0.15) is 32.7 Å². The van der Waals surface area contributed by atoms with E-state index in [0.717, 1.165) is 0 Å². The van der Waals surface area contributed by atoms with E-state index in [0.29, 0.717) is 35.0 Å². The van der Waals surface area contributed by atoms with Gasteiger partial charge < -0.3 is 5.73 Å². The molecule has 0 radical (unpaired) electrons. The van der Waals surface area contributed by atoms with Crippen LogP contribution in [0.2, 0.25) is 0 Å². The zero-order valence-electron chi connectivity index (χ0n) is 12.6. The lowest BCUT2D eigenvalue weighted by atomic mass is 10.1. The lowest BCUT2D eigenvalue weighted by Gasteiger charge is -2.13. The van der Waals surface area contributed by atoms with Gasteiger partial charge in [-0.3, -0.25) is 14.5 Å². The first kappa shape index (κ1) is 16.0. The summed E-state index contributed by atoms with van der Waals surface area (Å²) in [5.74, 6) is 0.271. The fourth-order valence-electron chi connectivity index (χ4n) is 2.36. The topological polar surface area (TPSA) is 113 Å². The lowest BCUT2D eigenvalue weighted by Crippen LogP contribution is -2.31.